The quantitative estimate of drug-likeness (QED) is 0.872. The summed E-state index contributed by atoms with van der Waals surface area (Å²) in [6.07, 6.45) is 1.95. The van der Waals surface area contributed by atoms with Gasteiger partial charge in [-0.05, 0) is 37.1 Å². The van der Waals surface area contributed by atoms with Crippen LogP contribution in [0, 0.1) is 5.92 Å². The highest BCUT2D eigenvalue weighted by Crippen LogP contribution is 2.30. The van der Waals surface area contributed by atoms with Crippen LogP contribution in [-0.4, -0.2) is 38.3 Å². The van der Waals surface area contributed by atoms with E-state index in [1.807, 2.05) is 6.07 Å². The van der Waals surface area contributed by atoms with E-state index in [-0.39, 0.29) is 24.4 Å². The molecule has 2 unspecified atom stereocenters. The number of nitrogens with one attached hydrogen (secondary N) is 2. The van der Waals surface area contributed by atoms with Gasteiger partial charge in [0.05, 0.1) is 13.2 Å². The first-order chi connectivity index (χ1) is 10.2. The maximum absolute atomic E-state index is 12.4. The van der Waals surface area contributed by atoms with Gasteiger partial charge in [-0.2, -0.15) is 0 Å². The molecule has 1 aromatic carbocycles. The summed E-state index contributed by atoms with van der Waals surface area (Å²) in [5.74, 6) is 1.83. The van der Waals surface area contributed by atoms with Crippen LogP contribution in [0.15, 0.2) is 18.2 Å². The van der Waals surface area contributed by atoms with Gasteiger partial charge >= 0.3 is 0 Å². The monoisotopic (exact) mass is 326 g/mol. The Bertz CT molecular complexity index is 524. The molecule has 0 spiro atoms. The Kier molecular flexibility index (Phi) is 5.91. The zero-order chi connectivity index (χ0) is 14.7. The summed E-state index contributed by atoms with van der Waals surface area (Å²) in [7, 11) is 0. The Balaban J connectivity index is 0.00000176. The van der Waals surface area contributed by atoms with Gasteiger partial charge in [-0.1, -0.05) is 6.92 Å². The minimum atomic E-state index is -0.0498. The van der Waals surface area contributed by atoms with E-state index in [0.717, 1.165) is 31.7 Å². The molecule has 2 N–H and O–H groups in total. The average molecular weight is 327 g/mol. The summed E-state index contributed by atoms with van der Waals surface area (Å²) >= 11 is 0. The molecule has 0 aliphatic carbocycles. The summed E-state index contributed by atoms with van der Waals surface area (Å²) in [5.41, 5.74) is 0.622. The SMILES string of the molecule is CC1CCNCC1NC(=O)c1ccc2c(c1)OCCCO2.Cl. The van der Waals surface area contributed by atoms with Crippen molar-refractivity contribution in [3.05, 3.63) is 23.8 Å². The minimum absolute atomic E-state index is 0. The third-order valence-corrected chi connectivity index (χ3v) is 4.15. The number of halogens is 1. The first-order valence-corrected chi connectivity index (χ1v) is 7.65. The molecule has 22 heavy (non-hydrogen) atoms. The van der Waals surface area contributed by atoms with Crippen molar-refractivity contribution in [3.8, 4) is 11.5 Å². The molecule has 1 aromatic rings. The van der Waals surface area contributed by atoms with E-state index in [9.17, 15) is 4.79 Å². The van der Waals surface area contributed by atoms with Crippen LogP contribution in [0.1, 0.15) is 30.1 Å². The fourth-order valence-electron chi connectivity index (χ4n) is 2.74. The highest BCUT2D eigenvalue weighted by Gasteiger charge is 2.23. The second kappa shape index (κ2) is 7.70. The normalized spacial score (nSPS) is 23.9. The van der Waals surface area contributed by atoms with Gasteiger partial charge in [-0.3, -0.25) is 4.79 Å². The molecule has 5 nitrogen and oxygen atoms in total. The fraction of sp³-hybridized carbons (Fsp3) is 0.562. The number of carbonyl (C=O) groups is 1. The lowest BCUT2D eigenvalue weighted by Crippen LogP contribution is -2.50. The Hall–Kier alpha value is -1.46. The zero-order valence-electron chi connectivity index (χ0n) is 12.8. The Morgan fingerprint density at radius 3 is 2.82 bits per heavy atom. The molecule has 0 bridgehead atoms. The van der Waals surface area contributed by atoms with Crippen LogP contribution in [0.2, 0.25) is 0 Å². The summed E-state index contributed by atoms with van der Waals surface area (Å²) in [4.78, 5) is 12.4. The molecular weight excluding hydrogens is 304 g/mol. The van der Waals surface area contributed by atoms with Crippen molar-refractivity contribution in [3.63, 3.8) is 0 Å². The summed E-state index contributed by atoms with van der Waals surface area (Å²) in [6.45, 7) is 5.32. The molecule has 1 amide bonds. The lowest BCUT2D eigenvalue weighted by atomic mass is 9.94. The van der Waals surface area contributed by atoms with Gasteiger partial charge in [0.2, 0.25) is 0 Å². The van der Waals surface area contributed by atoms with Crippen molar-refractivity contribution >= 4 is 18.3 Å². The molecule has 122 valence electrons. The van der Waals surface area contributed by atoms with E-state index in [1.54, 1.807) is 12.1 Å². The predicted molar refractivity (Wildman–Crippen MR) is 87.2 cm³/mol. The standard InChI is InChI=1S/C16H22N2O3.ClH/c1-11-5-6-17-10-13(11)18-16(19)12-3-4-14-15(9-12)21-8-2-7-20-14;/h3-4,9,11,13,17H,2,5-8,10H2,1H3,(H,18,19);1H. The first kappa shape index (κ1) is 16.9. The molecule has 2 aliphatic rings. The smallest absolute Gasteiger partial charge is 0.251 e. The van der Waals surface area contributed by atoms with Crippen molar-refractivity contribution in [2.75, 3.05) is 26.3 Å². The molecule has 6 heteroatoms. The van der Waals surface area contributed by atoms with Gasteiger partial charge in [0.15, 0.2) is 11.5 Å². The van der Waals surface area contributed by atoms with Crippen molar-refractivity contribution in [1.29, 1.82) is 0 Å². The minimum Gasteiger partial charge on any atom is -0.490 e. The Labute approximate surface area is 137 Å². The zero-order valence-corrected chi connectivity index (χ0v) is 13.6. The van der Waals surface area contributed by atoms with E-state index < -0.39 is 0 Å². The third-order valence-electron chi connectivity index (χ3n) is 4.15. The third kappa shape index (κ3) is 3.84. The predicted octanol–water partition coefficient (Wildman–Crippen LogP) is 2.00. The number of carbonyl (C=O) groups excluding carboxylic acids is 1. The molecule has 3 rings (SSSR count). The molecule has 0 saturated carbocycles. The van der Waals surface area contributed by atoms with Crippen LogP contribution < -0.4 is 20.1 Å². The van der Waals surface area contributed by atoms with Crippen LogP contribution in [0.5, 0.6) is 11.5 Å². The van der Waals surface area contributed by atoms with E-state index in [0.29, 0.717) is 30.4 Å². The van der Waals surface area contributed by atoms with Gasteiger partial charge in [0.1, 0.15) is 0 Å². The van der Waals surface area contributed by atoms with Crippen molar-refractivity contribution < 1.29 is 14.3 Å². The van der Waals surface area contributed by atoms with Gasteiger partial charge < -0.3 is 20.1 Å². The summed E-state index contributed by atoms with van der Waals surface area (Å²) in [6, 6.07) is 5.57. The van der Waals surface area contributed by atoms with E-state index in [2.05, 4.69) is 17.6 Å². The maximum Gasteiger partial charge on any atom is 0.251 e. The first-order valence-electron chi connectivity index (χ1n) is 7.65. The van der Waals surface area contributed by atoms with Gasteiger partial charge in [-0.15, -0.1) is 12.4 Å². The van der Waals surface area contributed by atoms with E-state index in [4.69, 9.17) is 9.47 Å². The van der Waals surface area contributed by atoms with Crippen LogP contribution in [-0.2, 0) is 0 Å². The topological polar surface area (TPSA) is 59.6 Å². The largest absolute Gasteiger partial charge is 0.490 e. The van der Waals surface area contributed by atoms with Crippen LogP contribution >= 0.6 is 12.4 Å². The highest BCUT2D eigenvalue weighted by molar-refractivity contribution is 5.95. The lowest BCUT2D eigenvalue weighted by Gasteiger charge is -2.30. The molecule has 1 saturated heterocycles. The summed E-state index contributed by atoms with van der Waals surface area (Å²) in [5, 5.41) is 6.43. The fourth-order valence-corrected chi connectivity index (χ4v) is 2.74. The van der Waals surface area contributed by atoms with Crippen LogP contribution in [0.3, 0.4) is 0 Å². The number of hydrogen-bond donors (Lipinski definition) is 2. The average Bonchev–Trinajstić information content (AvgIpc) is 2.74. The summed E-state index contributed by atoms with van der Waals surface area (Å²) < 4.78 is 11.2. The number of amides is 1. The number of ether oxygens (including phenoxy) is 2. The molecule has 0 aromatic heterocycles. The van der Waals surface area contributed by atoms with Crippen LogP contribution in [0.4, 0.5) is 0 Å². The molecule has 2 atom stereocenters. The number of benzene rings is 1. The molecule has 0 radical (unpaired) electrons. The number of fused-ring (bicyclic) bond motifs is 1. The molecule has 2 aliphatic heterocycles. The van der Waals surface area contributed by atoms with Gasteiger partial charge in [-0.25, -0.2) is 0 Å². The second-order valence-electron chi connectivity index (χ2n) is 5.76. The van der Waals surface area contributed by atoms with E-state index in [1.165, 1.54) is 0 Å². The van der Waals surface area contributed by atoms with Gasteiger partial charge in [0.25, 0.3) is 5.91 Å². The molecular formula is C16H23ClN2O3. The number of rotatable bonds is 2. The van der Waals surface area contributed by atoms with E-state index >= 15 is 0 Å². The van der Waals surface area contributed by atoms with Crippen LogP contribution in [0.25, 0.3) is 0 Å². The van der Waals surface area contributed by atoms with Crippen molar-refractivity contribution in [2.24, 2.45) is 5.92 Å². The second-order valence-corrected chi connectivity index (χ2v) is 5.76. The Morgan fingerprint density at radius 2 is 2.05 bits per heavy atom. The van der Waals surface area contributed by atoms with Gasteiger partial charge in [0, 0.05) is 24.6 Å². The van der Waals surface area contributed by atoms with Crippen molar-refractivity contribution in [2.45, 2.75) is 25.8 Å². The molecule has 2 heterocycles. The number of piperidine rings is 1. The lowest BCUT2D eigenvalue weighted by molar-refractivity contribution is 0.0915. The Morgan fingerprint density at radius 1 is 1.27 bits per heavy atom. The number of hydrogen-bond acceptors (Lipinski definition) is 4. The van der Waals surface area contributed by atoms with Crippen molar-refractivity contribution in [1.82, 2.24) is 10.6 Å². The highest BCUT2D eigenvalue weighted by atomic mass is 35.5. The maximum atomic E-state index is 12.4. The molecule has 1 fully saturated rings.